The summed E-state index contributed by atoms with van der Waals surface area (Å²) in [7, 11) is 0. The van der Waals surface area contributed by atoms with Crippen LogP contribution in [0.4, 0.5) is 5.69 Å². The van der Waals surface area contributed by atoms with Crippen LogP contribution >= 0.6 is 11.8 Å². The number of benzene rings is 1. The fourth-order valence-electron chi connectivity index (χ4n) is 1.99. The highest BCUT2D eigenvalue weighted by Gasteiger charge is 2.20. The Morgan fingerprint density at radius 3 is 2.62 bits per heavy atom. The van der Waals surface area contributed by atoms with Gasteiger partial charge in [-0.3, -0.25) is 0 Å². The number of carboxylic acids is 1. The summed E-state index contributed by atoms with van der Waals surface area (Å²) in [4.78, 5) is 12.4. The van der Waals surface area contributed by atoms with Gasteiger partial charge in [-0.2, -0.15) is 0 Å². The van der Waals surface area contributed by atoms with E-state index in [-0.39, 0.29) is 6.04 Å². The summed E-state index contributed by atoms with van der Waals surface area (Å²) in [6.45, 7) is 9.39. The van der Waals surface area contributed by atoms with Crippen molar-refractivity contribution in [2.75, 3.05) is 24.3 Å². The lowest BCUT2D eigenvalue weighted by atomic mass is 10.0. The van der Waals surface area contributed by atoms with E-state index in [1.807, 2.05) is 32.0 Å². The first-order chi connectivity index (χ1) is 10.0. The summed E-state index contributed by atoms with van der Waals surface area (Å²) in [6, 6.07) is 5.66. The summed E-state index contributed by atoms with van der Waals surface area (Å²) < 4.78 is 5.49. The molecular weight excluding hydrogens is 286 g/mol. The minimum Gasteiger partial charge on any atom is -0.478 e. The fraction of sp³-hybridized carbons (Fsp3) is 0.562. The first kappa shape index (κ1) is 17.9. The average Bonchev–Trinajstić information content (AvgIpc) is 2.43. The number of nitrogens with one attached hydrogen (secondary N) is 1. The summed E-state index contributed by atoms with van der Waals surface area (Å²) in [5.41, 5.74) is 1.02. The molecule has 0 aliphatic rings. The van der Waals surface area contributed by atoms with Crippen molar-refractivity contribution < 1.29 is 14.6 Å². The first-order valence-electron chi connectivity index (χ1n) is 7.34. The van der Waals surface area contributed by atoms with Crippen LogP contribution in [0.1, 0.15) is 38.1 Å². The van der Waals surface area contributed by atoms with Gasteiger partial charge >= 0.3 is 5.97 Å². The molecule has 118 valence electrons. The van der Waals surface area contributed by atoms with E-state index in [9.17, 15) is 9.90 Å². The van der Waals surface area contributed by atoms with Gasteiger partial charge in [-0.05, 0) is 30.7 Å². The van der Waals surface area contributed by atoms with Crippen LogP contribution in [0.25, 0.3) is 0 Å². The van der Waals surface area contributed by atoms with Crippen molar-refractivity contribution in [3.05, 3.63) is 23.8 Å². The topological polar surface area (TPSA) is 58.6 Å². The predicted octanol–water partition coefficient (Wildman–Crippen LogP) is 3.97. The van der Waals surface area contributed by atoms with Crippen molar-refractivity contribution >= 4 is 23.4 Å². The summed E-state index contributed by atoms with van der Waals surface area (Å²) in [6.07, 6.45) is 0. The van der Waals surface area contributed by atoms with Crippen LogP contribution < -0.4 is 5.32 Å². The number of anilines is 1. The Morgan fingerprint density at radius 2 is 2.10 bits per heavy atom. The van der Waals surface area contributed by atoms with Crippen LogP contribution in [-0.2, 0) is 4.74 Å². The third-order valence-corrected chi connectivity index (χ3v) is 4.13. The molecule has 0 aliphatic heterocycles. The van der Waals surface area contributed by atoms with Crippen molar-refractivity contribution in [2.24, 2.45) is 5.92 Å². The summed E-state index contributed by atoms with van der Waals surface area (Å²) in [5.74, 6) is 0.296. The zero-order valence-corrected chi connectivity index (χ0v) is 14.0. The maximum absolute atomic E-state index is 11.6. The standard InChI is InChI=1S/C16H25NO3S/c1-5-20-10-13(11(3)4)17-12-8-7-9-14(21-6-2)15(12)16(18)19/h7-9,11,13,17H,5-6,10H2,1-4H3,(H,18,19). The summed E-state index contributed by atoms with van der Waals surface area (Å²) in [5, 5.41) is 12.9. The largest absolute Gasteiger partial charge is 0.478 e. The quantitative estimate of drug-likeness (QED) is 0.676. The first-order valence-corrected chi connectivity index (χ1v) is 8.33. The van der Waals surface area contributed by atoms with Crippen LogP contribution in [0.2, 0.25) is 0 Å². The molecule has 1 atom stereocenters. The number of hydrogen-bond acceptors (Lipinski definition) is 4. The second kappa shape index (κ2) is 8.95. The Kier molecular flexibility index (Phi) is 7.61. The van der Waals surface area contributed by atoms with E-state index in [2.05, 4.69) is 19.2 Å². The van der Waals surface area contributed by atoms with E-state index in [0.29, 0.717) is 30.4 Å². The van der Waals surface area contributed by atoms with E-state index >= 15 is 0 Å². The molecule has 1 unspecified atom stereocenters. The minimum absolute atomic E-state index is 0.0879. The molecular formula is C16H25NO3S. The molecule has 2 N–H and O–H groups in total. The number of hydrogen-bond donors (Lipinski definition) is 2. The molecule has 4 nitrogen and oxygen atoms in total. The molecule has 0 radical (unpaired) electrons. The monoisotopic (exact) mass is 311 g/mol. The number of ether oxygens (including phenoxy) is 1. The SMILES string of the molecule is CCOCC(Nc1cccc(SCC)c1C(=O)O)C(C)C. The molecule has 0 bridgehead atoms. The molecule has 0 spiro atoms. The molecule has 0 amide bonds. The third-order valence-electron chi connectivity index (χ3n) is 3.19. The van der Waals surface area contributed by atoms with Crippen molar-refractivity contribution in [3.8, 4) is 0 Å². The number of thioether (sulfide) groups is 1. The molecule has 0 aromatic heterocycles. The van der Waals surface area contributed by atoms with Gasteiger partial charge < -0.3 is 15.2 Å². The van der Waals surface area contributed by atoms with E-state index < -0.39 is 5.97 Å². The van der Waals surface area contributed by atoms with Gasteiger partial charge in [0.15, 0.2) is 0 Å². The molecule has 0 saturated heterocycles. The second-order valence-electron chi connectivity index (χ2n) is 5.07. The Bertz CT molecular complexity index is 463. The van der Waals surface area contributed by atoms with Crippen LogP contribution in [0.3, 0.4) is 0 Å². The molecule has 0 heterocycles. The van der Waals surface area contributed by atoms with Crippen molar-refractivity contribution in [3.63, 3.8) is 0 Å². The van der Waals surface area contributed by atoms with Crippen molar-refractivity contribution in [1.29, 1.82) is 0 Å². The third kappa shape index (κ3) is 5.25. The number of aromatic carboxylic acids is 1. The molecule has 1 aromatic rings. The van der Waals surface area contributed by atoms with Gasteiger partial charge in [0.25, 0.3) is 0 Å². The summed E-state index contributed by atoms with van der Waals surface area (Å²) >= 11 is 1.55. The van der Waals surface area contributed by atoms with Crippen LogP contribution in [0.15, 0.2) is 23.1 Å². The maximum Gasteiger partial charge on any atom is 0.338 e. The molecule has 1 rings (SSSR count). The van der Waals surface area contributed by atoms with E-state index in [1.165, 1.54) is 0 Å². The molecule has 1 aromatic carbocycles. The van der Waals surface area contributed by atoms with Crippen LogP contribution in [0, 0.1) is 5.92 Å². The molecule has 0 saturated carbocycles. The maximum atomic E-state index is 11.6. The van der Waals surface area contributed by atoms with E-state index in [0.717, 1.165) is 10.6 Å². The highest BCUT2D eigenvalue weighted by atomic mass is 32.2. The normalized spacial score (nSPS) is 12.4. The van der Waals surface area contributed by atoms with Gasteiger partial charge in [0.2, 0.25) is 0 Å². The lowest BCUT2D eigenvalue weighted by Gasteiger charge is -2.24. The van der Waals surface area contributed by atoms with Crippen LogP contribution in [-0.4, -0.2) is 36.1 Å². The smallest absolute Gasteiger partial charge is 0.338 e. The van der Waals surface area contributed by atoms with Gasteiger partial charge in [0, 0.05) is 11.5 Å². The zero-order chi connectivity index (χ0) is 15.8. The van der Waals surface area contributed by atoms with Gasteiger partial charge in [-0.25, -0.2) is 4.79 Å². The lowest BCUT2D eigenvalue weighted by molar-refractivity contribution is 0.0693. The highest BCUT2D eigenvalue weighted by Crippen LogP contribution is 2.29. The number of carbonyl (C=O) groups is 1. The Hall–Kier alpha value is -1.20. The second-order valence-corrected chi connectivity index (χ2v) is 6.38. The molecule has 0 aliphatic carbocycles. The molecule has 0 fully saturated rings. The van der Waals surface area contributed by atoms with Gasteiger partial charge in [0.05, 0.1) is 23.9 Å². The number of carboxylic acid groups (broad SMARTS) is 1. The van der Waals surface area contributed by atoms with Gasteiger partial charge in [-0.1, -0.05) is 26.8 Å². The highest BCUT2D eigenvalue weighted by molar-refractivity contribution is 7.99. The van der Waals surface area contributed by atoms with Gasteiger partial charge in [0.1, 0.15) is 0 Å². The number of rotatable bonds is 9. The predicted molar refractivity (Wildman–Crippen MR) is 88.5 cm³/mol. The van der Waals surface area contributed by atoms with Crippen LogP contribution in [0.5, 0.6) is 0 Å². The van der Waals surface area contributed by atoms with Crippen molar-refractivity contribution in [1.82, 2.24) is 0 Å². The fourth-order valence-corrected chi connectivity index (χ4v) is 2.82. The molecule has 21 heavy (non-hydrogen) atoms. The van der Waals surface area contributed by atoms with Gasteiger partial charge in [-0.15, -0.1) is 11.8 Å². The van der Waals surface area contributed by atoms with E-state index in [1.54, 1.807) is 11.8 Å². The Morgan fingerprint density at radius 1 is 1.38 bits per heavy atom. The average molecular weight is 311 g/mol. The zero-order valence-electron chi connectivity index (χ0n) is 13.2. The molecule has 5 heteroatoms. The Labute approximate surface area is 131 Å². The lowest BCUT2D eigenvalue weighted by Crippen LogP contribution is -2.31. The Balaban J connectivity index is 3.04. The van der Waals surface area contributed by atoms with E-state index in [4.69, 9.17) is 4.74 Å². The minimum atomic E-state index is -0.895. The van der Waals surface area contributed by atoms with Crippen molar-refractivity contribution in [2.45, 2.75) is 38.6 Å².